The summed E-state index contributed by atoms with van der Waals surface area (Å²) in [6.07, 6.45) is 2.47. The van der Waals surface area contributed by atoms with Crippen LogP contribution in [0.1, 0.15) is 33.1 Å². The summed E-state index contributed by atoms with van der Waals surface area (Å²) in [5, 5.41) is 11.8. The van der Waals surface area contributed by atoms with Gasteiger partial charge < -0.3 is 15.3 Å². The van der Waals surface area contributed by atoms with Gasteiger partial charge >= 0.3 is 12.0 Å². The van der Waals surface area contributed by atoms with Gasteiger partial charge in [0.05, 0.1) is 5.92 Å². The predicted octanol–water partition coefficient (Wildman–Crippen LogP) is 1.54. The largest absolute Gasteiger partial charge is 0.481 e. The number of rotatable bonds is 4. The summed E-state index contributed by atoms with van der Waals surface area (Å²) in [5.41, 5.74) is 0. The van der Waals surface area contributed by atoms with Crippen molar-refractivity contribution in [3.63, 3.8) is 0 Å². The number of carboxylic acids is 1. The van der Waals surface area contributed by atoms with Gasteiger partial charge in [-0.15, -0.1) is 0 Å². The number of carboxylic acid groups (broad SMARTS) is 1. The van der Waals surface area contributed by atoms with Crippen molar-refractivity contribution in [3.05, 3.63) is 0 Å². The average molecular weight is 242 g/mol. The number of aliphatic carboxylic acids is 1. The van der Waals surface area contributed by atoms with E-state index in [1.165, 1.54) is 0 Å². The van der Waals surface area contributed by atoms with Crippen molar-refractivity contribution in [2.45, 2.75) is 33.1 Å². The van der Waals surface area contributed by atoms with Crippen LogP contribution in [-0.2, 0) is 4.79 Å². The van der Waals surface area contributed by atoms with Crippen LogP contribution in [-0.4, -0.2) is 41.6 Å². The molecule has 5 nitrogen and oxygen atoms in total. The van der Waals surface area contributed by atoms with E-state index in [9.17, 15) is 9.59 Å². The fraction of sp³-hybridized carbons (Fsp3) is 0.833. The third-order valence-corrected chi connectivity index (χ3v) is 3.36. The molecule has 1 saturated heterocycles. The Labute approximate surface area is 102 Å². The quantitative estimate of drug-likeness (QED) is 0.785. The molecule has 1 fully saturated rings. The monoisotopic (exact) mass is 242 g/mol. The van der Waals surface area contributed by atoms with Crippen LogP contribution in [0, 0.1) is 11.8 Å². The zero-order valence-corrected chi connectivity index (χ0v) is 10.6. The Hall–Kier alpha value is -1.26. The van der Waals surface area contributed by atoms with Crippen molar-refractivity contribution in [2.75, 3.05) is 19.6 Å². The smallest absolute Gasteiger partial charge is 0.317 e. The number of amides is 2. The van der Waals surface area contributed by atoms with E-state index in [0.717, 1.165) is 12.8 Å². The highest BCUT2D eigenvalue weighted by atomic mass is 16.4. The second-order valence-corrected chi connectivity index (χ2v) is 4.82. The molecule has 2 atom stereocenters. The van der Waals surface area contributed by atoms with E-state index >= 15 is 0 Å². The van der Waals surface area contributed by atoms with Crippen LogP contribution in [0.2, 0.25) is 0 Å². The summed E-state index contributed by atoms with van der Waals surface area (Å²) in [4.78, 5) is 24.3. The Morgan fingerprint density at radius 3 is 2.82 bits per heavy atom. The molecule has 2 amide bonds. The first-order chi connectivity index (χ1) is 8.04. The fourth-order valence-electron chi connectivity index (χ4n) is 1.88. The van der Waals surface area contributed by atoms with Gasteiger partial charge in [0.15, 0.2) is 0 Å². The zero-order valence-electron chi connectivity index (χ0n) is 10.6. The molecule has 1 rings (SSSR count). The molecule has 0 aliphatic carbocycles. The van der Waals surface area contributed by atoms with Crippen LogP contribution in [0.4, 0.5) is 4.79 Å². The summed E-state index contributed by atoms with van der Waals surface area (Å²) in [7, 11) is 0. The van der Waals surface area contributed by atoms with E-state index in [4.69, 9.17) is 5.11 Å². The molecule has 0 radical (unpaired) electrons. The minimum absolute atomic E-state index is 0.128. The molecule has 98 valence electrons. The molecule has 1 aliphatic heterocycles. The lowest BCUT2D eigenvalue weighted by Gasteiger charge is -2.31. The molecular formula is C12H22N2O3. The number of urea groups is 1. The molecule has 5 heteroatoms. The number of carbonyl (C=O) groups excluding carboxylic acids is 1. The number of nitrogens with zero attached hydrogens (tertiary/aromatic N) is 1. The highest BCUT2D eigenvalue weighted by Crippen LogP contribution is 2.16. The van der Waals surface area contributed by atoms with Gasteiger partial charge in [-0.2, -0.15) is 0 Å². The van der Waals surface area contributed by atoms with Crippen LogP contribution in [0.25, 0.3) is 0 Å². The summed E-state index contributed by atoms with van der Waals surface area (Å²) in [5.74, 6) is -0.749. The van der Waals surface area contributed by atoms with Crippen molar-refractivity contribution >= 4 is 12.0 Å². The molecule has 0 aromatic heterocycles. The van der Waals surface area contributed by atoms with Gasteiger partial charge in [0, 0.05) is 19.6 Å². The summed E-state index contributed by atoms with van der Waals surface area (Å²) in [6.45, 7) is 5.82. The van der Waals surface area contributed by atoms with E-state index in [-0.39, 0.29) is 6.03 Å². The van der Waals surface area contributed by atoms with E-state index in [0.29, 0.717) is 32.0 Å². The van der Waals surface area contributed by atoms with E-state index in [1.807, 2.05) is 0 Å². The van der Waals surface area contributed by atoms with Crippen LogP contribution < -0.4 is 5.32 Å². The molecule has 2 N–H and O–H groups in total. The minimum Gasteiger partial charge on any atom is -0.481 e. The van der Waals surface area contributed by atoms with Crippen LogP contribution in [0.3, 0.4) is 0 Å². The number of piperidine rings is 1. The normalized spacial score (nSPS) is 22.0. The van der Waals surface area contributed by atoms with Crippen LogP contribution >= 0.6 is 0 Å². The maximum atomic E-state index is 11.8. The Morgan fingerprint density at radius 1 is 1.53 bits per heavy atom. The summed E-state index contributed by atoms with van der Waals surface area (Å²) in [6, 6.07) is -0.128. The lowest BCUT2D eigenvalue weighted by molar-refractivity contribution is -0.143. The van der Waals surface area contributed by atoms with E-state index < -0.39 is 11.9 Å². The van der Waals surface area contributed by atoms with E-state index in [2.05, 4.69) is 19.2 Å². The molecule has 0 bridgehead atoms. The molecule has 1 heterocycles. The van der Waals surface area contributed by atoms with Crippen LogP contribution in [0.15, 0.2) is 0 Å². The lowest BCUT2D eigenvalue weighted by atomic mass is 9.99. The molecule has 0 aromatic carbocycles. The van der Waals surface area contributed by atoms with Crippen molar-refractivity contribution in [3.8, 4) is 0 Å². The van der Waals surface area contributed by atoms with Crippen molar-refractivity contribution in [2.24, 2.45) is 11.8 Å². The maximum Gasteiger partial charge on any atom is 0.317 e. The Morgan fingerprint density at radius 2 is 2.24 bits per heavy atom. The number of hydrogen-bond acceptors (Lipinski definition) is 2. The minimum atomic E-state index is -0.801. The summed E-state index contributed by atoms with van der Waals surface area (Å²) >= 11 is 0. The number of likely N-dealkylation sites (tertiary alicyclic amines) is 1. The number of hydrogen-bond donors (Lipinski definition) is 2. The molecule has 17 heavy (non-hydrogen) atoms. The molecule has 0 spiro atoms. The molecule has 1 aliphatic rings. The van der Waals surface area contributed by atoms with Gasteiger partial charge in [-0.3, -0.25) is 4.79 Å². The average Bonchev–Trinajstić information content (AvgIpc) is 2.35. The molecule has 0 saturated carbocycles. The molecule has 0 aromatic rings. The third kappa shape index (κ3) is 4.24. The Bertz CT molecular complexity index is 281. The second-order valence-electron chi connectivity index (χ2n) is 4.82. The number of carbonyl (C=O) groups is 2. The van der Waals surface area contributed by atoms with Gasteiger partial charge in [-0.1, -0.05) is 20.3 Å². The first-order valence-electron chi connectivity index (χ1n) is 6.30. The highest BCUT2D eigenvalue weighted by Gasteiger charge is 2.27. The van der Waals surface area contributed by atoms with Gasteiger partial charge in [-0.25, -0.2) is 4.79 Å². The highest BCUT2D eigenvalue weighted by molar-refractivity contribution is 5.76. The zero-order chi connectivity index (χ0) is 12.8. The molecular weight excluding hydrogens is 220 g/mol. The third-order valence-electron chi connectivity index (χ3n) is 3.36. The first-order valence-corrected chi connectivity index (χ1v) is 6.30. The van der Waals surface area contributed by atoms with Gasteiger partial charge in [-0.05, 0) is 18.8 Å². The Kier molecular flexibility index (Phi) is 5.25. The van der Waals surface area contributed by atoms with Crippen molar-refractivity contribution in [1.82, 2.24) is 10.2 Å². The fourth-order valence-corrected chi connectivity index (χ4v) is 1.88. The van der Waals surface area contributed by atoms with Gasteiger partial charge in [0.2, 0.25) is 0 Å². The van der Waals surface area contributed by atoms with Crippen molar-refractivity contribution in [1.29, 1.82) is 0 Å². The number of nitrogens with one attached hydrogen (secondary N) is 1. The predicted molar refractivity (Wildman–Crippen MR) is 64.8 cm³/mol. The van der Waals surface area contributed by atoms with Crippen molar-refractivity contribution < 1.29 is 14.7 Å². The standard InChI is InChI=1S/C12H22N2O3/c1-3-9(2)7-13-12(17)14-6-4-5-10(8-14)11(15)16/h9-10H,3-8H2,1-2H3,(H,13,17)(H,15,16)/t9?,10-/m0/s1. The van der Waals surface area contributed by atoms with Gasteiger partial charge in [0.1, 0.15) is 0 Å². The molecule has 1 unspecified atom stereocenters. The van der Waals surface area contributed by atoms with Crippen LogP contribution in [0.5, 0.6) is 0 Å². The lowest BCUT2D eigenvalue weighted by Crippen LogP contribution is -2.47. The summed E-state index contributed by atoms with van der Waals surface area (Å²) < 4.78 is 0. The van der Waals surface area contributed by atoms with Gasteiger partial charge in [0.25, 0.3) is 0 Å². The second kappa shape index (κ2) is 6.47. The first kappa shape index (κ1) is 13.8. The van der Waals surface area contributed by atoms with E-state index in [1.54, 1.807) is 4.90 Å². The SMILES string of the molecule is CCC(C)CNC(=O)N1CCC[C@H](C(=O)O)C1. The maximum absolute atomic E-state index is 11.8. The Balaban J connectivity index is 2.38. The topological polar surface area (TPSA) is 69.6 Å².